The second kappa shape index (κ2) is 6.89. The Hall–Kier alpha value is -1.62. The van der Waals surface area contributed by atoms with Crippen LogP contribution in [0.3, 0.4) is 0 Å². The van der Waals surface area contributed by atoms with Gasteiger partial charge in [0.1, 0.15) is 22.0 Å². The van der Waals surface area contributed by atoms with Gasteiger partial charge in [-0.2, -0.15) is 0 Å². The molecule has 0 radical (unpaired) electrons. The molecule has 0 bridgehead atoms. The maximum absolute atomic E-state index is 5.66. The molecule has 1 aliphatic carbocycles. The number of nitrogens with one attached hydrogen (secondary N) is 1. The fraction of sp³-hybridized carbons (Fsp3) is 0.375. The Morgan fingerprint density at radius 2 is 2.00 bits per heavy atom. The lowest BCUT2D eigenvalue weighted by atomic mass is 10.3. The Morgan fingerprint density at radius 3 is 2.76 bits per heavy atom. The molecule has 1 saturated carbocycles. The first-order valence-electron chi connectivity index (χ1n) is 7.27. The zero-order valence-electron chi connectivity index (χ0n) is 11.8. The summed E-state index contributed by atoms with van der Waals surface area (Å²) < 4.78 is 6.51. The highest BCUT2D eigenvalue weighted by atomic mass is 79.9. The van der Waals surface area contributed by atoms with E-state index in [1.807, 2.05) is 36.4 Å². The number of halogens is 1. The predicted molar refractivity (Wildman–Crippen MR) is 86.8 cm³/mol. The van der Waals surface area contributed by atoms with Crippen LogP contribution in [0.4, 0.5) is 5.82 Å². The van der Waals surface area contributed by atoms with Gasteiger partial charge in [-0.1, -0.05) is 18.2 Å². The lowest BCUT2D eigenvalue weighted by Gasteiger charge is -2.09. The van der Waals surface area contributed by atoms with E-state index in [-0.39, 0.29) is 0 Å². The highest BCUT2D eigenvalue weighted by Crippen LogP contribution is 2.38. The number of nitrogens with zero attached hydrogens (tertiary/aromatic N) is 2. The second-order valence-electron chi connectivity index (χ2n) is 5.15. The van der Waals surface area contributed by atoms with Crippen molar-refractivity contribution >= 4 is 21.7 Å². The maximum atomic E-state index is 5.66. The third kappa shape index (κ3) is 4.43. The summed E-state index contributed by atoms with van der Waals surface area (Å²) in [5, 5.41) is 3.33. The largest absolute Gasteiger partial charge is 0.494 e. The van der Waals surface area contributed by atoms with Gasteiger partial charge in [0.05, 0.1) is 6.61 Å². The van der Waals surface area contributed by atoms with Gasteiger partial charge in [-0.25, -0.2) is 9.97 Å². The molecule has 0 spiro atoms. The Bertz CT molecular complexity index is 587. The summed E-state index contributed by atoms with van der Waals surface area (Å²) in [5.41, 5.74) is 0. The quantitative estimate of drug-likeness (QED) is 0.607. The van der Waals surface area contributed by atoms with Gasteiger partial charge < -0.3 is 10.1 Å². The van der Waals surface area contributed by atoms with Crippen molar-refractivity contribution in [3.05, 3.63) is 46.8 Å². The molecule has 3 rings (SSSR count). The van der Waals surface area contributed by atoms with Gasteiger partial charge in [-0.3, -0.25) is 0 Å². The highest BCUT2D eigenvalue weighted by Gasteiger charge is 2.27. The van der Waals surface area contributed by atoms with E-state index in [1.165, 1.54) is 12.8 Å². The molecule has 0 saturated heterocycles. The van der Waals surface area contributed by atoms with Crippen LogP contribution >= 0.6 is 15.9 Å². The number of hydrogen-bond donors (Lipinski definition) is 1. The van der Waals surface area contributed by atoms with Crippen LogP contribution in [0.2, 0.25) is 0 Å². The number of rotatable bonds is 7. The molecular formula is C16H18BrN3O. The summed E-state index contributed by atoms with van der Waals surface area (Å²) in [6.07, 6.45) is 3.34. The van der Waals surface area contributed by atoms with Crippen LogP contribution < -0.4 is 10.1 Å². The van der Waals surface area contributed by atoms with Gasteiger partial charge in [0.25, 0.3) is 0 Å². The predicted octanol–water partition coefficient (Wildman–Crippen LogP) is 4.00. The van der Waals surface area contributed by atoms with Crippen LogP contribution in [0.25, 0.3) is 0 Å². The number of anilines is 1. The fourth-order valence-corrected chi connectivity index (χ4v) is 2.44. The van der Waals surface area contributed by atoms with E-state index in [2.05, 4.69) is 31.2 Å². The molecule has 110 valence electrons. The molecule has 1 fully saturated rings. The van der Waals surface area contributed by atoms with Crippen molar-refractivity contribution in [1.29, 1.82) is 0 Å². The van der Waals surface area contributed by atoms with Gasteiger partial charge in [0.15, 0.2) is 0 Å². The molecule has 1 heterocycles. The summed E-state index contributed by atoms with van der Waals surface area (Å²) in [4.78, 5) is 8.98. The molecule has 4 nitrogen and oxygen atoms in total. The smallest absolute Gasteiger partial charge is 0.135 e. The van der Waals surface area contributed by atoms with Gasteiger partial charge >= 0.3 is 0 Å². The molecule has 1 N–H and O–H groups in total. The minimum Gasteiger partial charge on any atom is -0.494 e. The van der Waals surface area contributed by atoms with Crippen LogP contribution in [0.15, 0.2) is 41.0 Å². The minimum absolute atomic E-state index is 0.560. The number of para-hydroxylation sites is 1. The van der Waals surface area contributed by atoms with Crippen molar-refractivity contribution in [1.82, 2.24) is 9.97 Å². The van der Waals surface area contributed by atoms with Crippen LogP contribution in [-0.2, 0) is 0 Å². The van der Waals surface area contributed by atoms with Crippen LogP contribution in [0.5, 0.6) is 5.75 Å². The number of ether oxygens (including phenoxy) is 1. The SMILES string of the molecule is Brc1cc(NCCCOc2ccccc2)nc(C2CC2)n1. The summed E-state index contributed by atoms with van der Waals surface area (Å²) in [6, 6.07) is 11.8. The van der Waals surface area contributed by atoms with Crippen molar-refractivity contribution in [3.8, 4) is 5.75 Å². The Morgan fingerprint density at radius 1 is 1.19 bits per heavy atom. The van der Waals surface area contributed by atoms with E-state index in [9.17, 15) is 0 Å². The molecule has 0 aliphatic heterocycles. The maximum Gasteiger partial charge on any atom is 0.135 e. The van der Waals surface area contributed by atoms with E-state index in [0.29, 0.717) is 12.5 Å². The summed E-state index contributed by atoms with van der Waals surface area (Å²) in [7, 11) is 0. The monoisotopic (exact) mass is 347 g/mol. The lowest BCUT2D eigenvalue weighted by Crippen LogP contribution is -2.09. The summed E-state index contributed by atoms with van der Waals surface area (Å²) in [6.45, 7) is 1.53. The van der Waals surface area contributed by atoms with Crippen LogP contribution in [0.1, 0.15) is 31.0 Å². The van der Waals surface area contributed by atoms with Gasteiger partial charge in [-0.05, 0) is 47.3 Å². The Kier molecular flexibility index (Phi) is 4.70. The first-order chi connectivity index (χ1) is 10.3. The minimum atomic E-state index is 0.560. The Balaban J connectivity index is 1.43. The van der Waals surface area contributed by atoms with E-state index in [4.69, 9.17) is 4.74 Å². The van der Waals surface area contributed by atoms with Crippen molar-refractivity contribution in [3.63, 3.8) is 0 Å². The molecule has 0 unspecified atom stereocenters. The van der Waals surface area contributed by atoms with E-state index < -0.39 is 0 Å². The highest BCUT2D eigenvalue weighted by molar-refractivity contribution is 9.10. The van der Waals surface area contributed by atoms with Crippen molar-refractivity contribution in [2.45, 2.75) is 25.2 Å². The molecule has 1 aromatic heterocycles. The summed E-state index contributed by atoms with van der Waals surface area (Å²) in [5.74, 6) is 3.31. The second-order valence-corrected chi connectivity index (χ2v) is 5.96. The lowest BCUT2D eigenvalue weighted by molar-refractivity contribution is 0.315. The molecule has 1 aromatic carbocycles. The molecule has 21 heavy (non-hydrogen) atoms. The molecule has 1 aliphatic rings. The molecule has 2 aromatic rings. The van der Waals surface area contributed by atoms with E-state index >= 15 is 0 Å². The number of aromatic nitrogens is 2. The average molecular weight is 348 g/mol. The van der Waals surface area contributed by atoms with Gasteiger partial charge in [0, 0.05) is 18.5 Å². The molecule has 5 heteroatoms. The van der Waals surface area contributed by atoms with Crippen LogP contribution in [0, 0.1) is 0 Å². The van der Waals surface area contributed by atoms with Crippen molar-refractivity contribution < 1.29 is 4.74 Å². The zero-order valence-corrected chi connectivity index (χ0v) is 13.3. The normalized spacial score (nSPS) is 14.0. The first-order valence-corrected chi connectivity index (χ1v) is 8.07. The molecule has 0 atom stereocenters. The third-order valence-electron chi connectivity index (χ3n) is 3.29. The standard InChI is InChI=1S/C16H18BrN3O/c17-14-11-15(20-16(19-14)12-7-8-12)18-9-4-10-21-13-5-2-1-3-6-13/h1-3,5-6,11-12H,4,7-10H2,(H,18,19,20). The van der Waals surface area contributed by atoms with E-state index in [0.717, 1.165) is 35.0 Å². The molecular weight excluding hydrogens is 330 g/mol. The Labute approximate surface area is 133 Å². The third-order valence-corrected chi connectivity index (χ3v) is 3.70. The van der Waals surface area contributed by atoms with Crippen LogP contribution in [-0.4, -0.2) is 23.1 Å². The fourth-order valence-electron chi connectivity index (χ4n) is 2.05. The number of hydrogen-bond acceptors (Lipinski definition) is 4. The first kappa shape index (κ1) is 14.3. The van der Waals surface area contributed by atoms with Gasteiger partial charge in [0.2, 0.25) is 0 Å². The van der Waals surface area contributed by atoms with E-state index in [1.54, 1.807) is 0 Å². The number of benzene rings is 1. The topological polar surface area (TPSA) is 47.0 Å². The van der Waals surface area contributed by atoms with Gasteiger partial charge in [-0.15, -0.1) is 0 Å². The van der Waals surface area contributed by atoms with Crippen molar-refractivity contribution in [2.24, 2.45) is 0 Å². The average Bonchev–Trinajstić information content (AvgIpc) is 3.32. The summed E-state index contributed by atoms with van der Waals surface area (Å²) >= 11 is 3.45. The van der Waals surface area contributed by atoms with Crippen molar-refractivity contribution in [2.75, 3.05) is 18.5 Å². The zero-order chi connectivity index (χ0) is 14.5. The molecule has 0 amide bonds.